The fraction of sp³-hybridized carbons (Fsp3) is 0.214. The van der Waals surface area contributed by atoms with E-state index in [4.69, 9.17) is 10.9 Å². The zero-order valence-electron chi connectivity index (χ0n) is 11.7. The van der Waals surface area contributed by atoms with Gasteiger partial charge in [0.25, 0.3) is 0 Å². The molecule has 6 nitrogen and oxygen atoms in total. The van der Waals surface area contributed by atoms with Crippen LogP contribution in [-0.4, -0.2) is 28.1 Å². The van der Waals surface area contributed by atoms with Crippen LogP contribution in [0.3, 0.4) is 0 Å². The second-order valence-electron chi connectivity index (χ2n) is 4.57. The van der Waals surface area contributed by atoms with E-state index in [-0.39, 0.29) is 5.84 Å². The third-order valence-corrected chi connectivity index (χ3v) is 2.93. The SMILES string of the molecule is Cc1ccc(N(C)c2nc(C)cc(/C(N)=N/O)n2)cc1. The number of hydrogen-bond acceptors (Lipinski definition) is 5. The molecule has 0 saturated carbocycles. The first-order chi connectivity index (χ1) is 9.51. The Labute approximate surface area is 117 Å². The van der Waals surface area contributed by atoms with Gasteiger partial charge in [-0.3, -0.25) is 0 Å². The first kappa shape index (κ1) is 13.8. The maximum Gasteiger partial charge on any atom is 0.230 e. The molecule has 1 aromatic heterocycles. The van der Waals surface area contributed by atoms with Crippen molar-refractivity contribution < 1.29 is 5.21 Å². The van der Waals surface area contributed by atoms with Crippen LogP contribution in [0.2, 0.25) is 0 Å². The molecule has 0 fully saturated rings. The number of benzene rings is 1. The topological polar surface area (TPSA) is 87.6 Å². The summed E-state index contributed by atoms with van der Waals surface area (Å²) in [5, 5.41) is 11.7. The molecule has 20 heavy (non-hydrogen) atoms. The van der Waals surface area contributed by atoms with Gasteiger partial charge in [-0.15, -0.1) is 0 Å². The van der Waals surface area contributed by atoms with E-state index >= 15 is 0 Å². The maximum absolute atomic E-state index is 8.75. The summed E-state index contributed by atoms with van der Waals surface area (Å²) in [6.07, 6.45) is 0. The monoisotopic (exact) mass is 271 g/mol. The van der Waals surface area contributed by atoms with Gasteiger partial charge in [0.05, 0.1) is 0 Å². The van der Waals surface area contributed by atoms with E-state index < -0.39 is 0 Å². The van der Waals surface area contributed by atoms with Crippen molar-refractivity contribution in [1.82, 2.24) is 9.97 Å². The summed E-state index contributed by atoms with van der Waals surface area (Å²) >= 11 is 0. The van der Waals surface area contributed by atoms with Crippen LogP contribution in [0.25, 0.3) is 0 Å². The minimum atomic E-state index is -0.0333. The summed E-state index contributed by atoms with van der Waals surface area (Å²) in [7, 11) is 1.87. The van der Waals surface area contributed by atoms with Crippen molar-refractivity contribution in [3.8, 4) is 0 Å². The Morgan fingerprint density at radius 2 is 1.85 bits per heavy atom. The standard InChI is InChI=1S/C14H17N5O/c1-9-4-6-11(7-5-9)19(3)14-16-10(2)8-12(17-14)13(15)18-20/h4-8,20H,1-3H3,(H2,15,18). The van der Waals surface area contributed by atoms with Gasteiger partial charge in [-0.25, -0.2) is 9.97 Å². The van der Waals surface area contributed by atoms with Crippen LogP contribution in [-0.2, 0) is 0 Å². The fourth-order valence-electron chi connectivity index (χ4n) is 1.77. The average Bonchev–Trinajstić information content (AvgIpc) is 2.45. The highest BCUT2D eigenvalue weighted by atomic mass is 16.4. The quantitative estimate of drug-likeness (QED) is 0.385. The highest BCUT2D eigenvalue weighted by Gasteiger charge is 2.11. The van der Waals surface area contributed by atoms with Gasteiger partial charge in [0, 0.05) is 18.4 Å². The lowest BCUT2D eigenvalue weighted by molar-refractivity contribution is 0.318. The van der Waals surface area contributed by atoms with E-state index in [1.165, 1.54) is 5.56 Å². The van der Waals surface area contributed by atoms with Crippen LogP contribution in [0.15, 0.2) is 35.5 Å². The summed E-state index contributed by atoms with van der Waals surface area (Å²) in [5.74, 6) is 0.463. The predicted molar refractivity (Wildman–Crippen MR) is 78.5 cm³/mol. The maximum atomic E-state index is 8.75. The molecule has 0 aliphatic carbocycles. The van der Waals surface area contributed by atoms with Crippen molar-refractivity contribution in [1.29, 1.82) is 0 Å². The summed E-state index contributed by atoms with van der Waals surface area (Å²) in [5.41, 5.74) is 8.87. The van der Waals surface area contributed by atoms with E-state index in [1.54, 1.807) is 6.07 Å². The van der Waals surface area contributed by atoms with Gasteiger partial charge in [0.1, 0.15) is 5.69 Å². The smallest absolute Gasteiger partial charge is 0.230 e. The lowest BCUT2D eigenvalue weighted by atomic mass is 10.2. The summed E-state index contributed by atoms with van der Waals surface area (Å²) < 4.78 is 0. The molecule has 0 saturated heterocycles. The van der Waals surface area contributed by atoms with Crippen LogP contribution >= 0.6 is 0 Å². The molecule has 0 bridgehead atoms. The van der Waals surface area contributed by atoms with Crippen molar-refractivity contribution in [3.05, 3.63) is 47.3 Å². The summed E-state index contributed by atoms with van der Waals surface area (Å²) in [6.45, 7) is 3.87. The van der Waals surface area contributed by atoms with Crippen molar-refractivity contribution in [2.24, 2.45) is 10.9 Å². The molecule has 0 radical (unpaired) electrons. The molecule has 1 heterocycles. The molecule has 104 valence electrons. The van der Waals surface area contributed by atoms with Gasteiger partial charge in [-0.1, -0.05) is 22.9 Å². The van der Waals surface area contributed by atoms with Gasteiger partial charge in [-0.05, 0) is 32.0 Å². The van der Waals surface area contributed by atoms with Crippen molar-refractivity contribution in [2.45, 2.75) is 13.8 Å². The summed E-state index contributed by atoms with van der Waals surface area (Å²) in [4.78, 5) is 10.5. The molecule has 0 atom stereocenters. The molecular formula is C14H17N5O. The number of aromatic nitrogens is 2. The van der Waals surface area contributed by atoms with Crippen LogP contribution in [0.4, 0.5) is 11.6 Å². The fourth-order valence-corrected chi connectivity index (χ4v) is 1.77. The predicted octanol–water partition coefficient (Wildman–Crippen LogP) is 1.96. The molecule has 3 N–H and O–H groups in total. The van der Waals surface area contributed by atoms with E-state index in [0.29, 0.717) is 11.6 Å². The number of nitrogens with two attached hydrogens (primary N) is 1. The zero-order valence-corrected chi connectivity index (χ0v) is 11.7. The number of aryl methyl sites for hydroxylation is 2. The largest absolute Gasteiger partial charge is 0.409 e. The first-order valence-electron chi connectivity index (χ1n) is 6.15. The van der Waals surface area contributed by atoms with Crippen LogP contribution in [0, 0.1) is 13.8 Å². The van der Waals surface area contributed by atoms with Crippen LogP contribution < -0.4 is 10.6 Å². The second kappa shape index (κ2) is 5.56. The Kier molecular flexibility index (Phi) is 3.84. The molecule has 0 aliphatic heterocycles. The molecule has 1 aromatic carbocycles. The van der Waals surface area contributed by atoms with Gasteiger partial charge in [0.15, 0.2) is 5.84 Å². The Hall–Kier alpha value is -2.63. The van der Waals surface area contributed by atoms with Gasteiger partial charge in [-0.2, -0.15) is 0 Å². The van der Waals surface area contributed by atoms with Crippen molar-refractivity contribution >= 4 is 17.5 Å². The Balaban J connectivity index is 2.41. The molecule has 2 rings (SSSR count). The second-order valence-corrected chi connectivity index (χ2v) is 4.57. The lowest BCUT2D eigenvalue weighted by Crippen LogP contribution is -2.20. The Morgan fingerprint density at radius 1 is 1.20 bits per heavy atom. The van der Waals surface area contributed by atoms with Gasteiger partial charge >= 0.3 is 0 Å². The van der Waals surface area contributed by atoms with E-state index in [0.717, 1.165) is 11.4 Å². The van der Waals surface area contributed by atoms with Crippen molar-refractivity contribution in [3.63, 3.8) is 0 Å². The molecule has 0 amide bonds. The van der Waals surface area contributed by atoms with Gasteiger partial charge in [0.2, 0.25) is 5.95 Å². The lowest BCUT2D eigenvalue weighted by Gasteiger charge is -2.18. The molecule has 0 aliphatic rings. The van der Waals surface area contributed by atoms with Crippen molar-refractivity contribution in [2.75, 3.05) is 11.9 Å². The minimum Gasteiger partial charge on any atom is -0.409 e. The van der Waals surface area contributed by atoms with Crippen LogP contribution in [0.5, 0.6) is 0 Å². The van der Waals surface area contributed by atoms with E-state index in [1.807, 2.05) is 50.1 Å². The molecule has 0 unspecified atom stereocenters. The highest BCUT2D eigenvalue weighted by Crippen LogP contribution is 2.21. The number of hydrogen-bond donors (Lipinski definition) is 2. The normalized spacial score (nSPS) is 11.4. The van der Waals surface area contributed by atoms with E-state index in [2.05, 4.69) is 15.1 Å². The summed E-state index contributed by atoms with van der Waals surface area (Å²) in [6, 6.07) is 9.69. The van der Waals surface area contributed by atoms with E-state index in [9.17, 15) is 0 Å². The number of nitrogens with zero attached hydrogens (tertiary/aromatic N) is 4. The Bertz CT molecular complexity index is 637. The Morgan fingerprint density at radius 3 is 2.45 bits per heavy atom. The number of amidine groups is 1. The third-order valence-electron chi connectivity index (χ3n) is 2.93. The first-order valence-corrected chi connectivity index (χ1v) is 6.15. The molecule has 2 aromatic rings. The third kappa shape index (κ3) is 2.85. The van der Waals surface area contributed by atoms with Gasteiger partial charge < -0.3 is 15.8 Å². The number of oxime groups is 1. The minimum absolute atomic E-state index is 0.0333. The molecular weight excluding hydrogens is 254 g/mol. The number of rotatable bonds is 3. The molecule has 0 spiro atoms. The highest BCUT2D eigenvalue weighted by molar-refractivity contribution is 5.95. The molecule has 6 heteroatoms. The van der Waals surface area contributed by atoms with Crippen LogP contribution in [0.1, 0.15) is 17.0 Å². The number of anilines is 2. The average molecular weight is 271 g/mol. The zero-order chi connectivity index (χ0) is 14.7.